The third-order valence-corrected chi connectivity index (χ3v) is 9.55. The smallest absolute Gasteiger partial charge is 0.328 e. The fourth-order valence-electron chi connectivity index (χ4n) is 7.24. The van der Waals surface area contributed by atoms with E-state index in [-0.39, 0.29) is 0 Å². The lowest BCUT2D eigenvalue weighted by Gasteiger charge is -2.07. The van der Waals surface area contributed by atoms with Gasteiger partial charge in [-0.05, 0) is 70.8 Å². The number of nitrogens with zero attached hydrogens (tertiary/aromatic N) is 2. The van der Waals surface area contributed by atoms with E-state index in [0.717, 1.165) is 94.9 Å². The average Bonchev–Trinajstić information content (AvgIpc) is 4.03. The molecule has 0 fully saturated rings. The van der Waals surface area contributed by atoms with Gasteiger partial charge in [-0.15, -0.1) is 0 Å². The number of carboxylic acids is 1. The van der Waals surface area contributed by atoms with Crippen LogP contribution < -0.4 is 0 Å². The van der Waals surface area contributed by atoms with Gasteiger partial charge in [-0.2, -0.15) is 0 Å². The van der Waals surface area contributed by atoms with Crippen LogP contribution >= 0.6 is 0 Å². The highest BCUT2D eigenvalue weighted by Gasteiger charge is 2.20. The molecule has 5 heterocycles. The number of aromatic amines is 2. The first-order valence-electron chi connectivity index (χ1n) is 17.4. The summed E-state index contributed by atoms with van der Waals surface area (Å²) in [4.78, 5) is 30.1. The average molecular weight is 685 g/mol. The minimum absolute atomic E-state index is 0.723. The van der Waals surface area contributed by atoms with Crippen LogP contribution in [0.3, 0.4) is 0 Å². The number of fused-ring (bicyclic) bond motifs is 8. The first-order chi connectivity index (χ1) is 26.1. The molecule has 9 rings (SSSR count). The van der Waals surface area contributed by atoms with Crippen LogP contribution in [0.1, 0.15) is 28.3 Å². The van der Waals surface area contributed by atoms with Crippen LogP contribution in [0.15, 0.2) is 146 Å². The van der Waals surface area contributed by atoms with Gasteiger partial charge in [0.2, 0.25) is 0 Å². The molecule has 53 heavy (non-hydrogen) atoms. The predicted octanol–water partition coefficient (Wildman–Crippen LogP) is 11.4. The van der Waals surface area contributed by atoms with Crippen molar-refractivity contribution in [1.29, 1.82) is 0 Å². The van der Waals surface area contributed by atoms with Crippen molar-refractivity contribution in [3.05, 3.63) is 174 Å². The van der Waals surface area contributed by atoms with E-state index in [9.17, 15) is 9.90 Å². The molecule has 0 spiro atoms. The minimum Gasteiger partial charge on any atom is -0.478 e. The number of benzene rings is 4. The second kappa shape index (κ2) is 13.4. The molecule has 4 aromatic carbocycles. The van der Waals surface area contributed by atoms with Crippen LogP contribution in [0, 0.1) is 0 Å². The Kier molecular flexibility index (Phi) is 8.02. The molecule has 2 aliphatic heterocycles. The second-order valence-corrected chi connectivity index (χ2v) is 12.9. The predicted molar refractivity (Wildman–Crippen MR) is 217 cm³/mol. The number of H-pyrrole nitrogens is 2. The largest absolute Gasteiger partial charge is 0.478 e. The summed E-state index contributed by atoms with van der Waals surface area (Å²) in [7, 11) is 0. The van der Waals surface area contributed by atoms with Gasteiger partial charge in [0.15, 0.2) is 0 Å². The molecule has 252 valence electrons. The van der Waals surface area contributed by atoms with Crippen molar-refractivity contribution in [1.82, 2.24) is 19.9 Å². The van der Waals surface area contributed by atoms with Crippen LogP contribution in [-0.2, 0) is 4.79 Å². The summed E-state index contributed by atoms with van der Waals surface area (Å²) < 4.78 is 0. The standard InChI is InChI=1S/C47H32N4O2/c52-42(53)28-21-34-29-41-45(32-17-9-3-10-18-32)39-25-24-37(49-39)43(30-13-5-1-6-14-30)35-22-23-36(48-35)44(31-15-7-2-8-16-31)38-26-27-40(50-38)46(47(34)51-41)33-19-11-4-12-20-33/h1-29,49,51H,(H,52,53)/b28-21+,43-35?,43-37?,44-36?,44-38?,45-39?,45-41?,46-40?,47-46?. The van der Waals surface area contributed by atoms with E-state index in [4.69, 9.17) is 9.97 Å². The van der Waals surface area contributed by atoms with Crippen LogP contribution in [0.4, 0.5) is 0 Å². The molecule has 2 aliphatic rings. The third kappa shape index (κ3) is 5.98. The van der Waals surface area contributed by atoms with Crippen molar-refractivity contribution in [3.63, 3.8) is 0 Å². The van der Waals surface area contributed by atoms with Crippen LogP contribution in [0.2, 0.25) is 0 Å². The SMILES string of the molecule is O=C(O)/C=C/c1cc2[nH]c1c(-c1ccccc1)c1nc(c(-c3ccccc3)c3nc(c(-c4ccccc4)c4ccc([nH]4)c2-c2ccccc2)C=C3)C=C1. The lowest BCUT2D eigenvalue weighted by Crippen LogP contribution is -1.91. The number of carboxylic acid groups (broad SMARTS) is 1. The number of nitrogens with one attached hydrogen (secondary N) is 2. The van der Waals surface area contributed by atoms with E-state index in [2.05, 4.69) is 82.8 Å². The Morgan fingerprint density at radius 1 is 0.472 bits per heavy atom. The summed E-state index contributed by atoms with van der Waals surface area (Å²) in [5.41, 5.74) is 15.0. The summed E-state index contributed by atoms with van der Waals surface area (Å²) in [6.45, 7) is 0. The maximum absolute atomic E-state index is 11.9. The number of aliphatic carboxylic acids is 1. The molecule has 8 bridgehead atoms. The van der Waals surface area contributed by atoms with Gasteiger partial charge >= 0.3 is 5.97 Å². The molecular formula is C47H32N4O2. The Labute approximate surface area is 305 Å². The van der Waals surface area contributed by atoms with Gasteiger partial charge in [-0.1, -0.05) is 121 Å². The lowest BCUT2D eigenvalue weighted by molar-refractivity contribution is -0.131. The quantitative estimate of drug-likeness (QED) is 0.152. The fraction of sp³-hybridized carbons (Fsp3) is 0. The highest BCUT2D eigenvalue weighted by molar-refractivity contribution is 6.03. The normalized spacial score (nSPS) is 12.1. The van der Waals surface area contributed by atoms with Gasteiger partial charge in [0.05, 0.1) is 28.3 Å². The zero-order valence-corrected chi connectivity index (χ0v) is 28.5. The maximum Gasteiger partial charge on any atom is 0.328 e. The summed E-state index contributed by atoms with van der Waals surface area (Å²) in [5, 5.41) is 9.77. The second-order valence-electron chi connectivity index (χ2n) is 12.9. The monoisotopic (exact) mass is 684 g/mol. The molecule has 0 aliphatic carbocycles. The number of hydrogen-bond donors (Lipinski definition) is 3. The van der Waals surface area contributed by atoms with Crippen LogP contribution in [0.25, 0.3) is 97.0 Å². The minimum atomic E-state index is -1.03. The van der Waals surface area contributed by atoms with Crippen molar-refractivity contribution >= 4 is 58.4 Å². The van der Waals surface area contributed by atoms with Gasteiger partial charge in [0.1, 0.15) is 0 Å². The van der Waals surface area contributed by atoms with Gasteiger partial charge < -0.3 is 15.1 Å². The number of hydrogen-bond acceptors (Lipinski definition) is 3. The molecule has 0 amide bonds. The van der Waals surface area contributed by atoms with Crippen molar-refractivity contribution in [3.8, 4) is 44.5 Å². The summed E-state index contributed by atoms with van der Waals surface area (Å²) in [5.74, 6) is -1.03. The zero-order valence-electron chi connectivity index (χ0n) is 28.5. The summed E-state index contributed by atoms with van der Waals surface area (Å²) in [6, 6.07) is 47.1. The Morgan fingerprint density at radius 2 is 0.887 bits per heavy atom. The van der Waals surface area contributed by atoms with Crippen LogP contribution in [-0.4, -0.2) is 31.0 Å². The molecule has 7 aromatic rings. The van der Waals surface area contributed by atoms with Gasteiger partial charge in [0.25, 0.3) is 0 Å². The zero-order chi connectivity index (χ0) is 35.7. The summed E-state index contributed by atoms with van der Waals surface area (Å²) >= 11 is 0. The first kappa shape index (κ1) is 31.7. The molecular weight excluding hydrogens is 653 g/mol. The Hall–Kier alpha value is -7.31. The van der Waals surface area contributed by atoms with Gasteiger partial charge in [-0.25, -0.2) is 14.8 Å². The molecule has 0 atom stereocenters. The topological polar surface area (TPSA) is 94.7 Å². The fourth-order valence-corrected chi connectivity index (χ4v) is 7.24. The highest BCUT2D eigenvalue weighted by atomic mass is 16.4. The van der Waals surface area contributed by atoms with E-state index in [0.29, 0.717) is 0 Å². The van der Waals surface area contributed by atoms with Gasteiger partial charge in [0, 0.05) is 50.4 Å². The highest BCUT2D eigenvalue weighted by Crippen LogP contribution is 2.39. The Bertz CT molecular complexity index is 2780. The van der Waals surface area contributed by atoms with E-state index in [1.807, 2.05) is 91.0 Å². The molecule has 0 radical (unpaired) electrons. The number of rotatable bonds is 6. The van der Waals surface area contributed by atoms with Gasteiger partial charge in [-0.3, -0.25) is 0 Å². The Morgan fingerprint density at radius 3 is 1.40 bits per heavy atom. The van der Waals surface area contributed by atoms with Crippen molar-refractivity contribution in [2.45, 2.75) is 0 Å². The molecule has 6 nitrogen and oxygen atoms in total. The molecule has 3 N–H and O–H groups in total. The van der Waals surface area contributed by atoms with Crippen molar-refractivity contribution < 1.29 is 9.90 Å². The number of carbonyl (C=O) groups is 1. The van der Waals surface area contributed by atoms with E-state index >= 15 is 0 Å². The molecule has 3 aromatic heterocycles. The lowest BCUT2D eigenvalue weighted by atomic mass is 10.0. The molecule has 6 heteroatoms. The first-order valence-corrected chi connectivity index (χ1v) is 17.4. The van der Waals surface area contributed by atoms with Crippen molar-refractivity contribution in [2.24, 2.45) is 0 Å². The number of aromatic nitrogens is 4. The molecule has 0 saturated heterocycles. The van der Waals surface area contributed by atoms with E-state index in [1.54, 1.807) is 6.08 Å². The van der Waals surface area contributed by atoms with E-state index < -0.39 is 5.97 Å². The summed E-state index contributed by atoms with van der Waals surface area (Å²) in [6.07, 6.45) is 11.1. The van der Waals surface area contributed by atoms with Crippen molar-refractivity contribution in [2.75, 3.05) is 0 Å². The molecule has 0 saturated carbocycles. The molecule has 0 unspecified atom stereocenters. The Balaban J connectivity index is 1.52. The van der Waals surface area contributed by atoms with E-state index in [1.165, 1.54) is 6.08 Å². The maximum atomic E-state index is 11.9. The van der Waals surface area contributed by atoms with Crippen LogP contribution in [0.5, 0.6) is 0 Å². The third-order valence-electron chi connectivity index (χ3n) is 9.55.